The predicted molar refractivity (Wildman–Crippen MR) is 99.7 cm³/mol. The molecule has 2 aromatic rings. The summed E-state index contributed by atoms with van der Waals surface area (Å²) in [6.45, 7) is 4.26. The molecule has 1 aromatic carbocycles. The molecule has 0 amide bonds. The second-order valence-electron chi connectivity index (χ2n) is 7.49. The van der Waals surface area contributed by atoms with Gasteiger partial charge in [-0.05, 0) is 50.4 Å². The van der Waals surface area contributed by atoms with E-state index in [4.69, 9.17) is 0 Å². The summed E-state index contributed by atoms with van der Waals surface area (Å²) in [6, 6.07) is 7.48. The summed E-state index contributed by atoms with van der Waals surface area (Å²) < 4.78 is 1.80. The minimum atomic E-state index is -0.378. The molecule has 1 N–H and O–H groups in total. The standard InChI is InChI=1S/C19H25N5O2/c1-22-13-16(11-20-10-14-8-9-23(12-14)17-6-7-17)19(21-22)15-2-4-18(5-3-15)24(25)26/h2-5,13-14,17,20H,6-12H2,1H3. The number of nitrogens with zero attached hydrogens (tertiary/aromatic N) is 4. The van der Waals surface area contributed by atoms with Gasteiger partial charge in [0.15, 0.2) is 0 Å². The van der Waals surface area contributed by atoms with Gasteiger partial charge in [-0.2, -0.15) is 5.10 Å². The summed E-state index contributed by atoms with van der Waals surface area (Å²) in [4.78, 5) is 13.1. The molecule has 7 nitrogen and oxygen atoms in total. The number of hydrogen-bond donors (Lipinski definition) is 1. The lowest BCUT2D eigenvalue weighted by molar-refractivity contribution is -0.384. The fourth-order valence-electron chi connectivity index (χ4n) is 3.86. The largest absolute Gasteiger partial charge is 0.312 e. The second-order valence-corrected chi connectivity index (χ2v) is 7.49. The molecule has 0 bridgehead atoms. The van der Waals surface area contributed by atoms with Crippen LogP contribution in [0.4, 0.5) is 5.69 Å². The average Bonchev–Trinajstić information content (AvgIpc) is 3.26. The summed E-state index contributed by atoms with van der Waals surface area (Å²) in [5.74, 6) is 0.732. The van der Waals surface area contributed by atoms with E-state index >= 15 is 0 Å². The Morgan fingerprint density at radius 3 is 2.73 bits per heavy atom. The molecule has 2 aliphatic rings. The van der Waals surface area contributed by atoms with E-state index in [1.54, 1.807) is 16.8 Å². The first kappa shape index (κ1) is 17.2. The maximum absolute atomic E-state index is 10.8. The maximum atomic E-state index is 10.8. The highest BCUT2D eigenvalue weighted by atomic mass is 16.6. The van der Waals surface area contributed by atoms with Crippen LogP contribution in [-0.2, 0) is 13.6 Å². The van der Waals surface area contributed by atoms with Gasteiger partial charge in [0.2, 0.25) is 0 Å². The first-order valence-electron chi connectivity index (χ1n) is 9.32. The Morgan fingerprint density at radius 1 is 1.27 bits per heavy atom. The molecule has 1 saturated carbocycles. The smallest absolute Gasteiger partial charge is 0.269 e. The zero-order chi connectivity index (χ0) is 18.1. The number of nitrogens with one attached hydrogen (secondary N) is 1. The Kier molecular flexibility index (Phi) is 4.74. The van der Waals surface area contributed by atoms with Crippen LogP contribution in [0.25, 0.3) is 11.3 Å². The van der Waals surface area contributed by atoms with Crippen molar-refractivity contribution >= 4 is 5.69 Å². The molecule has 1 unspecified atom stereocenters. The van der Waals surface area contributed by atoms with E-state index in [0.717, 1.165) is 41.9 Å². The van der Waals surface area contributed by atoms with Crippen molar-refractivity contribution < 1.29 is 4.92 Å². The summed E-state index contributed by atoms with van der Waals surface area (Å²) >= 11 is 0. The van der Waals surface area contributed by atoms with Gasteiger partial charge in [0, 0.05) is 55.6 Å². The first-order valence-corrected chi connectivity index (χ1v) is 9.32. The highest BCUT2D eigenvalue weighted by Crippen LogP contribution is 2.31. The van der Waals surface area contributed by atoms with Crippen LogP contribution >= 0.6 is 0 Å². The highest BCUT2D eigenvalue weighted by molar-refractivity contribution is 5.64. The molecule has 138 valence electrons. The molecule has 1 saturated heterocycles. The number of rotatable bonds is 7. The SMILES string of the molecule is Cn1cc(CNCC2CCN(C3CC3)C2)c(-c2ccc([N+](=O)[O-])cc2)n1. The van der Waals surface area contributed by atoms with Crippen molar-refractivity contribution in [3.8, 4) is 11.3 Å². The van der Waals surface area contributed by atoms with Crippen LogP contribution in [0.3, 0.4) is 0 Å². The zero-order valence-corrected chi connectivity index (χ0v) is 15.1. The van der Waals surface area contributed by atoms with E-state index in [0.29, 0.717) is 0 Å². The number of hydrogen-bond acceptors (Lipinski definition) is 5. The molecule has 2 heterocycles. The van der Waals surface area contributed by atoms with Crippen LogP contribution in [0.1, 0.15) is 24.8 Å². The Labute approximate surface area is 153 Å². The van der Waals surface area contributed by atoms with E-state index in [2.05, 4.69) is 15.3 Å². The lowest BCUT2D eigenvalue weighted by atomic mass is 10.1. The van der Waals surface area contributed by atoms with Crippen LogP contribution in [0.2, 0.25) is 0 Å². The van der Waals surface area contributed by atoms with Crippen LogP contribution in [0.15, 0.2) is 30.5 Å². The molecule has 4 rings (SSSR count). The van der Waals surface area contributed by atoms with Crippen LogP contribution in [0.5, 0.6) is 0 Å². The Balaban J connectivity index is 1.37. The Bertz CT molecular complexity index is 782. The van der Waals surface area contributed by atoms with Gasteiger partial charge in [0.25, 0.3) is 5.69 Å². The van der Waals surface area contributed by atoms with Crippen molar-refractivity contribution in [2.45, 2.75) is 31.8 Å². The zero-order valence-electron chi connectivity index (χ0n) is 15.1. The van der Waals surface area contributed by atoms with E-state index in [1.807, 2.05) is 13.2 Å². The first-order chi connectivity index (χ1) is 12.6. The van der Waals surface area contributed by atoms with Gasteiger partial charge in [0.05, 0.1) is 10.6 Å². The summed E-state index contributed by atoms with van der Waals surface area (Å²) in [6.07, 6.45) is 6.07. The molecule has 2 fully saturated rings. The third-order valence-electron chi connectivity index (χ3n) is 5.39. The molecule has 7 heteroatoms. The van der Waals surface area contributed by atoms with Gasteiger partial charge in [-0.1, -0.05) is 0 Å². The molecular weight excluding hydrogens is 330 g/mol. The van der Waals surface area contributed by atoms with Crippen LogP contribution in [0, 0.1) is 16.0 Å². The lowest BCUT2D eigenvalue weighted by Gasteiger charge is -2.15. The number of aryl methyl sites for hydroxylation is 1. The number of likely N-dealkylation sites (tertiary alicyclic amines) is 1. The number of benzene rings is 1. The van der Waals surface area contributed by atoms with Gasteiger partial charge >= 0.3 is 0 Å². The Morgan fingerprint density at radius 2 is 2.04 bits per heavy atom. The number of nitro groups is 1. The van der Waals surface area contributed by atoms with Crippen molar-refractivity contribution in [3.05, 3.63) is 46.1 Å². The van der Waals surface area contributed by atoms with Gasteiger partial charge in [-0.3, -0.25) is 14.8 Å². The van der Waals surface area contributed by atoms with Gasteiger partial charge in [-0.15, -0.1) is 0 Å². The quantitative estimate of drug-likeness (QED) is 0.610. The number of nitro benzene ring substituents is 1. The monoisotopic (exact) mass is 355 g/mol. The number of non-ortho nitro benzene ring substituents is 1. The lowest BCUT2D eigenvalue weighted by Crippen LogP contribution is -2.27. The fourth-order valence-corrected chi connectivity index (χ4v) is 3.86. The minimum Gasteiger partial charge on any atom is -0.312 e. The molecule has 1 aromatic heterocycles. The van der Waals surface area contributed by atoms with E-state index < -0.39 is 0 Å². The molecule has 26 heavy (non-hydrogen) atoms. The van der Waals surface area contributed by atoms with E-state index in [9.17, 15) is 10.1 Å². The average molecular weight is 355 g/mol. The third-order valence-corrected chi connectivity index (χ3v) is 5.39. The van der Waals surface area contributed by atoms with Crippen LogP contribution < -0.4 is 5.32 Å². The van der Waals surface area contributed by atoms with Crippen molar-refractivity contribution in [1.82, 2.24) is 20.0 Å². The van der Waals surface area contributed by atoms with E-state index in [-0.39, 0.29) is 10.6 Å². The Hall–Kier alpha value is -2.25. The molecular formula is C19H25N5O2. The second kappa shape index (κ2) is 7.17. The van der Waals surface area contributed by atoms with Gasteiger partial charge < -0.3 is 10.2 Å². The van der Waals surface area contributed by atoms with Crippen molar-refractivity contribution in [2.24, 2.45) is 13.0 Å². The predicted octanol–water partition coefficient (Wildman–Crippen LogP) is 2.57. The van der Waals surface area contributed by atoms with Crippen molar-refractivity contribution in [1.29, 1.82) is 0 Å². The molecule has 1 atom stereocenters. The molecule has 1 aliphatic carbocycles. The molecule has 0 radical (unpaired) electrons. The third kappa shape index (κ3) is 3.78. The maximum Gasteiger partial charge on any atom is 0.269 e. The molecule has 1 aliphatic heterocycles. The van der Waals surface area contributed by atoms with Gasteiger partial charge in [-0.25, -0.2) is 0 Å². The summed E-state index contributed by atoms with van der Waals surface area (Å²) in [7, 11) is 1.91. The molecule has 0 spiro atoms. The fraction of sp³-hybridized carbons (Fsp3) is 0.526. The number of aromatic nitrogens is 2. The van der Waals surface area contributed by atoms with Crippen LogP contribution in [-0.4, -0.2) is 45.3 Å². The highest BCUT2D eigenvalue weighted by Gasteiger charge is 2.34. The van der Waals surface area contributed by atoms with Crippen molar-refractivity contribution in [3.63, 3.8) is 0 Å². The van der Waals surface area contributed by atoms with E-state index in [1.165, 1.54) is 44.5 Å². The van der Waals surface area contributed by atoms with Crippen molar-refractivity contribution in [2.75, 3.05) is 19.6 Å². The minimum absolute atomic E-state index is 0.103. The normalized spacial score (nSPS) is 20.6. The van der Waals surface area contributed by atoms with Gasteiger partial charge in [0.1, 0.15) is 0 Å². The summed E-state index contributed by atoms with van der Waals surface area (Å²) in [5.41, 5.74) is 3.03. The summed E-state index contributed by atoms with van der Waals surface area (Å²) in [5, 5.41) is 19.0. The topological polar surface area (TPSA) is 76.2 Å².